The monoisotopic (exact) mass is 228 g/mol. The van der Waals surface area contributed by atoms with E-state index in [9.17, 15) is 4.79 Å². The molecular formula is C11H20N2OS. The molecule has 0 aromatic carbocycles. The van der Waals surface area contributed by atoms with E-state index in [1.54, 1.807) is 0 Å². The summed E-state index contributed by atoms with van der Waals surface area (Å²) in [6, 6.07) is 0.553. The Kier molecular flexibility index (Phi) is 3.57. The molecular weight excluding hydrogens is 208 g/mol. The molecule has 0 aromatic heterocycles. The number of carbonyl (C=O) groups is 1. The second-order valence-electron chi connectivity index (χ2n) is 4.31. The third kappa shape index (κ3) is 2.02. The molecule has 3 nitrogen and oxygen atoms in total. The first-order valence-electron chi connectivity index (χ1n) is 5.93. The van der Waals surface area contributed by atoms with Crippen molar-refractivity contribution < 1.29 is 4.79 Å². The number of carbonyl (C=O) groups excluding carboxylic acids is 1. The summed E-state index contributed by atoms with van der Waals surface area (Å²) in [4.78, 5) is 14.3. The highest BCUT2D eigenvalue weighted by molar-refractivity contribution is 7.99. The molecule has 2 saturated heterocycles. The molecule has 2 aliphatic heterocycles. The van der Waals surface area contributed by atoms with Gasteiger partial charge in [0.25, 0.3) is 0 Å². The quantitative estimate of drug-likeness (QED) is 0.793. The van der Waals surface area contributed by atoms with Gasteiger partial charge in [0.05, 0.1) is 12.2 Å². The van der Waals surface area contributed by atoms with Crippen molar-refractivity contribution in [2.45, 2.75) is 51.4 Å². The van der Waals surface area contributed by atoms with Crippen LogP contribution in [0.3, 0.4) is 0 Å². The predicted octanol–water partition coefficient (Wildman–Crippen LogP) is 1.44. The normalized spacial score (nSPS) is 36.5. The van der Waals surface area contributed by atoms with Crippen LogP contribution in [-0.2, 0) is 4.79 Å². The fraction of sp³-hybridized carbons (Fsp3) is 0.909. The molecule has 0 saturated carbocycles. The Morgan fingerprint density at radius 2 is 2.27 bits per heavy atom. The van der Waals surface area contributed by atoms with Gasteiger partial charge in [-0.05, 0) is 25.0 Å². The number of hydrogen-bond acceptors (Lipinski definition) is 3. The maximum atomic E-state index is 12.1. The summed E-state index contributed by atoms with van der Waals surface area (Å²) in [5.74, 6) is 2.67. The maximum Gasteiger partial charge on any atom is 0.241 e. The molecule has 0 aromatic rings. The highest BCUT2D eigenvalue weighted by atomic mass is 32.2. The van der Waals surface area contributed by atoms with Crippen LogP contribution < -0.4 is 5.32 Å². The summed E-state index contributed by atoms with van der Waals surface area (Å²) in [7, 11) is 0. The summed E-state index contributed by atoms with van der Waals surface area (Å²) in [6.45, 7) is 4.23. The van der Waals surface area contributed by atoms with E-state index in [1.807, 2.05) is 11.8 Å². The van der Waals surface area contributed by atoms with Crippen LogP contribution in [0.5, 0.6) is 0 Å². The van der Waals surface area contributed by atoms with E-state index in [2.05, 4.69) is 24.1 Å². The zero-order valence-corrected chi connectivity index (χ0v) is 10.3. The summed E-state index contributed by atoms with van der Waals surface area (Å²) < 4.78 is 0. The molecule has 2 heterocycles. The van der Waals surface area contributed by atoms with Crippen molar-refractivity contribution in [2.75, 3.05) is 11.5 Å². The zero-order valence-electron chi connectivity index (χ0n) is 9.53. The molecule has 3 atom stereocenters. The lowest BCUT2D eigenvalue weighted by molar-refractivity contribution is -0.131. The van der Waals surface area contributed by atoms with Crippen molar-refractivity contribution in [3.05, 3.63) is 0 Å². The van der Waals surface area contributed by atoms with Crippen LogP contribution in [0.4, 0.5) is 0 Å². The van der Waals surface area contributed by atoms with E-state index >= 15 is 0 Å². The fourth-order valence-electron chi connectivity index (χ4n) is 2.50. The van der Waals surface area contributed by atoms with Crippen LogP contribution in [0, 0.1) is 0 Å². The Hall–Kier alpha value is -0.220. The lowest BCUT2D eigenvalue weighted by atomic mass is 10.2. The van der Waals surface area contributed by atoms with Crippen LogP contribution in [-0.4, -0.2) is 40.6 Å². The third-order valence-electron chi connectivity index (χ3n) is 3.38. The van der Waals surface area contributed by atoms with Gasteiger partial charge in [-0.25, -0.2) is 0 Å². The van der Waals surface area contributed by atoms with Crippen LogP contribution in [0.25, 0.3) is 0 Å². The van der Waals surface area contributed by atoms with Crippen LogP contribution >= 0.6 is 11.8 Å². The summed E-state index contributed by atoms with van der Waals surface area (Å²) >= 11 is 1.97. The summed E-state index contributed by atoms with van der Waals surface area (Å²) in [5.41, 5.74) is 0. The van der Waals surface area contributed by atoms with Crippen molar-refractivity contribution in [2.24, 2.45) is 0 Å². The van der Waals surface area contributed by atoms with Gasteiger partial charge >= 0.3 is 0 Å². The largest absolute Gasteiger partial charge is 0.322 e. The lowest BCUT2D eigenvalue weighted by Gasteiger charge is -2.28. The zero-order chi connectivity index (χ0) is 10.8. The molecule has 2 fully saturated rings. The fourth-order valence-corrected chi connectivity index (χ4v) is 3.71. The molecule has 15 heavy (non-hydrogen) atoms. The minimum atomic E-state index is 0.0700. The second-order valence-corrected chi connectivity index (χ2v) is 5.46. The Balaban J connectivity index is 2.09. The van der Waals surface area contributed by atoms with Gasteiger partial charge in [0.2, 0.25) is 5.91 Å². The molecule has 0 radical (unpaired) electrons. The molecule has 1 N–H and O–H groups in total. The molecule has 1 amide bonds. The average Bonchev–Trinajstić information content (AvgIpc) is 2.84. The molecule has 0 aliphatic carbocycles. The van der Waals surface area contributed by atoms with Crippen LogP contribution in [0.15, 0.2) is 0 Å². The maximum absolute atomic E-state index is 12.1. The van der Waals surface area contributed by atoms with E-state index in [1.165, 1.54) is 12.2 Å². The number of thioether (sulfide) groups is 1. The second kappa shape index (κ2) is 4.74. The van der Waals surface area contributed by atoms with Gasteiger partial charge < -0.3 is 4.90 Å². The van der Waals surface area contributed by atoms with Crippen molar-refractivity contribution in [1.29, 1.82) is 0 Å². The van der Waals surface area contributed by atoms with E-state index in [0.29, 0.717) is 11.9 Å². The van der Waals surface area contributed by atoms with Crippen molar-refractivity contribution in [1.82, 2.24) is 10.2 Å². The first kappa shape index (κ1) is 11.3. The smallest absolute Gasteiger partial charge is 0.241 e. The highest BCUT2D eigenvalue weighted by Gasteiger charge is 2.41. The Bertz CT molecular complexity index is 241. The molecule has 4 heteroatoms. The average molecular weight is 228 g/mol. The highest BCUT2D eigenvalue weighted by Crippen LogP contribution is 2.28. The number of hydrogen-bond donors (Lipinski definition) is 1. The van der Waals surface area contributed by atoms with Crippen LogP contribution in [0.2, 0.25) is 0 Å². The van der Waals surface area contributed by atoms with Gasteiger partial charge in [-0.15, -0.1) is 0 Å². The van der Waals surface area contributed by atoms with Crippen molar-refractivity contribution in [3.8, 4) is 0 Å². The van der Waals surface area contributed by atoms with Crippen molar-refractivity contribution in [3.63, 3.8) is 0 Å². The molecule has 0 bridgehead atoms. The first-order valence-corrected chi connectivity index (χ1v) is 7.09. The number of nitrogens with zero attached hydrogens (tertiary/aromatic N) is 1. The molecule has 3 unspecified atom stereocenters. The van der Waals surface area contributed by atoms with Gasteiger partial charge in [0.15, 0.2) is 0 Å². The minimum Gasteiger partial charge on any atom is -0.322 e. The van der Waals surface area contributed by atoms with E-state index in [-0.39, 0.29) is 12.2 Å². The van der Waals surface area contributed by atoms with E-state index in [4.69, 9.17) is 0 Å². The summed E-state index contributed by atoms with van der Waals surface area (Å²) in [6.07, 6.45) is 3.38. The molecule has 2 aliphatic rings. The predicted molar refractivity (Wildman–Crippen MR) is 63.9 cm³/mol. The number of amides is 1. The molecule has 86 valence electrons. The SMILES string of the molecule is CCC1NC(CC)N(C2CCSC2)C1=O. The van der Waals surface area contributed by atoms with Gasteiger partial charge in [0, 0.05) is 11.8 Å². The van der Waals surface area contributed by atoms with E-state index in [0.717, 1.165) is 18.6 Å². The Labute approximate surface area is 96.0 Å². The lowest BCUT2D eigenvalue weighted by Crippen LogP contribution is -2.44. The minimum absolute atomic E-state index is 0.0700. The topological polar surface area (TPSA) is 32.3 Å². The van der Waals surface area contributed by atoms with Crippen LogP contribution in [0.1, 0.15) is 33.1 Å². The number of rotatable bonds is 3. The van der Waals surface area contributed by atoms with Gasteiger partial charge in [0.1, 0.15) is 0 Å². The molecule has 0 spiro atoms. The van der Waals surface area contributed by atoms with Gasteiger partial charge in [-0.2, -0.15) is 11.8 Å². The Morgan fingerprint density at radius 3 is 2.80 bits per heavy atom. The summed E-state index contributed by atoms with van der Waals surface area (Å²) in [5, 5.41) is 3.43. The molecule has 2 rings (SSSR count). The third-order valence-corrected chi connectivity index (χ3v) is 4.52. The van der Waals surface area contributed by atoms with Crippen molar-refractivity contribution >= 4 is 17.7 Å². The van der Waals surface area contributed by atoms with E-state index < -0.39 is 0 Å². The standard InChI is InChI=1S/C11H20N2OS/c1-3-9-11(14)13(10(4-2)12-9)8-5-6-15-7-8/h8-10,12H,3-7H2,1-2H3. The van der Waals surface area contributed by atoms with Gasteiger partial charge in [-0.1, -0.05) is 13.8 Å². The van der Waals surface area contributed by atoms with Gasteiger partial charge in [-0.3, -0.25) is 10.1 Å². The first-order chi connectivity index (χ1) is 7.27. The number of nitrogens with one attached hydrogen (secondary N) is 1. The Morgan fingerprint density at radius 1 is 1.47 bits per heavy atom.